The van der Waals surface area contributed by atoms with E-state index in [-0.39, 0.29) is 16.5 Å². The molecule has 1 heterocycles. The summed E-state index contributed by atoms with van der Waals surface area (Å²) in [5, 5.41) is 11.3. The number of nitrogens with two attached hydrogens (primary N) is 1. The zero-order valence-electron chi connectivity index (χ0n) is 10.4. The topological polar surface area (TPSA) is 116 Å². The van der Waals surface area contributed by atoms with Gasteiger partial charge in [0.05, 0.1) is 16.9 Å². The summed E-state index contributed by atoms with van der Waals surface area (Å²) < 4.78 is 5.20. The van der Waals surface area contributed by atoms with Gasteiger partial charge in [0.2, 0.25) is 5.82 Å². The first kappa shape index (κ1) is 14.0. The van der Waals surface area contributed by atoms with Gasteiger partial charge in [0.1, 0.15) is 12.1 Å². The highest BCUT2D eigenvalue weighted by Gasteiger charge is 2.23. The minimum absolute atomic E-state index is 0.0394. The Morgan fingerprint density at radius 3 is 2.80 bits per heavy atom. The van der Waals surface area contributed by atoms with Crippen LogP contribution in [0.2, 0.25) is 0 Å². The minimum Gasteiger partial charge on any atom is -0.496 e. The van der Waals surface area contributed by atoms with Crippen molar-refractivity contribution >= 4 is 23.3 Å². The quantitative estimate of drug-likeness (QED) is 0.371. The summed E-state index contributed by atoms with van der Waals surface area (Å²) in [6.45, 7) is 0. The third-order valence-electron chi connectivity index (χ3n) is 2.38. The lowest BCUT2D eigenvalue weighted by Gasteiger charge is -2.08. The van der Waals surface area contributed by atoms with Crippen molar-refractivity contribution < 1.29 is 9.66 Å². The number of nitro groups is 1. The van der Waals surface area contributed by atoms with E-state index in [2.05, 4.69) is 15.4 Å². The van der Waals surface area contributed by atoms with E-state index in [1.54, 1.807) is 18.2 Å². The van der Waals surface area contributed by atoms with Gasteiger partial charge in [-0.15, -0.1) is 0 Å². The van der Waals surface area contributed by atoms with Crippen molar-refractivity contribution in [2.45, 2.75) is 9.92 Å². The minimum atomic E-state index is -0.576. The lowest BCUT2D eigenvalue weighted by atomic mass is 10.3. The maximum Gasteiger partial charge on any atom is 0.344 e. The molecule has 0 amide bonds. The number of hydrogen-bond donors (Lipinski definition) is 2. The number of aromatic nitrogens is 2. The summed E-state index contributed by atoms with van der Waals surface area (Å²) in [4.78, 5) is 18.9. The first-order valence-corrected chi connectivity index (χ1v) is 6.26. The SMILES string of the molecule is COc1ccccc1Sc1ncnc(NN)c1[N+](=O)[O-]. The van der Waals surface area contributed by atoms with E-state index in [0.717, 1.165) is 11.8 Å². The van der Waals surface area contributed by atoms with E-state index in [9.17, 15) is 10.1 Å². The highest BCUT2D eigenvalue weighted by molar-refractivity contribution is 7.99. The fraction of sp³-hybridized carbons (Fsp3) is 0.0909. The summed E-state index contributed by atoms with van der Waals surface area (Å²) in [7, 11) is 1.53. The Balaban J connectivity index is 2.46. The molecular formula is C11H11N5O3S. The number of nitrogen functional groups attached to an aromatic ring is 1. The van der Waals surface area contributed by atoms with Crippen LogP contribution in [0.1, 0.15) is 0 Å². The molecule has 8 nitrogen and oxygen atoms in total. The fourth-order valence-corrected chi connectivity index (χ4v) is 2.49. The molecule has 3 N–H and O–H groups in total. The summed E-state index contributed by atoms with van der Waals surface area (Å²) in [5.74, 6) is 5.79. The maximum absolute atomic E-state index is 11.1. The molecule has 2 rings (SSSR count). The Morgan fingerprint density at radius 1 is 1.40 bits per heavy atom. The van der Waals surface area contributed by atoms with Crippen LogP contribution in [0.15, 0.2) is 40.5 Å². The van der Waals surface area contributed by atoms with Gasteiger partial charge in [0, 0.05) is 0 Å². The van der Waals surface area contributed by atoms with E-state index in [4.69, 9.17) is 10.6 Å². The van der Waals surface area contributed by atoms with Crippen molar-refractivity contribution in [1.82, 2.24) is 9.97 Å². The van der Waals surface area contributed by atoms with Crippen LogP contribution < -0.4 is 16.0 Å². The molecule has 20 heavy (non-hydrogen) atoms. The number of hydrogen-bond acceptors (Lipinski definition) is 8. The molecule has 0 unspecified atom stereocenters. The molecule has 0 aliphatic rings. The van der Waals surface area contributed by atoms with Gasteiger partial charge < -0.3 is 10.2 Å². The van der Waals surface area contributed by atoms with Gasteiger partial charge in [0.15, 0.2) is 5.03 Å². The van der Waals surface area contributed by atoms with Crippen LogP contribution in [0.5, 0.6) is 5.75 Å². The van der Waals surface area contributed by atoms with Gasteiger partial charge in [-0.2, -0.15) is 0 Å². The first-order valence-electron chi connectivity index (χ1n) is 5.44. The number of benzene rings is 1. The molecule has 9 heteroatoms. The zero-order valence-corrected chi connectivity index (χ0v) is 11.3. The van der Waals surface area contributed by atoms with E-state index in [0.29, 0.717) is 10.6 Å². The van der Waals surface area contributed by atoms with Crippen LogP contribution in [-0.4, -0.2) is 22.0 Å². The summed E-state index contributed by atoms with van der Waals surface area (Å²) in [6, 6.07) is 7.16. The van der Waals surface area contributed by atoms with Crippen molar-refractivity contribution in [3.05, 3.63) is 40.7 Å². The molecule has 0 bridgehead atoms. The van der Waals surface area contributed by atoms with Gasteiger partial charge >= 0.3 is 5.69 Å². The number of hydrazine groups is 1. The van der Waals surface area contributed by atoms with E-state index >= 15 is 0 Å². The molecule has 0 saturated heterocycles. The number of nitrogens with one attached hydrogen (secondary N) is 1. The Morgan fingerprint density at radius 2 is 2.15 bits per heavy atom. The van der Waals surface area contributed by atoms with E-state index < -0.39 is 4.92 Å². The van der Waals surface area contributed by atoms with Crippen molar-refractivity contribution in [2.24, 2.45) is 5.84 Å². The van der Waals surface area contributed by atoms with Crippen LogP contribution >= 0.6 is 11.8 Å². The standard InChI is InChI=1S/C11H11N5O3S/c1-19-7-4-2-3-5-8(7)20-11-9(16(17)18)10(15-12)13-6-14-11/h2-6H,12H2,1H3,(H,13,14,15). The lowest BCUT2D eigenvalue weighted by Crippen LogP contribution is -2.12. The average molecular weight is 293 g/mol. The number of para-hydroxylation sites is 1. The Bertz CT molecular complexity index is 637. The average Bonchev–Trinajstić information content (AvgIpc) is 2.47. The van der Waals surface area contributed by atoms with E-state index in [1.807, 2.05) is 6.07 Å². The predicted molar refractivity (Wildman–Crippen MR) is 73.6 cm³/mol. The van der Waals surface area contributed by atoms with Crippen molar-refractivity contribution in [1.29, 1.82) is 0 Å². The van der Waals surface area contributed by atoms with Crippen LogP contribution in [-0.2, 0) is 0 Å². The Labute approximate surface area is 118 Å². The van der Waals surface area contributed by atoms with E-state index in [1.165, 1.54) is 13.4 Å². The van der Waals surface area contributed by atoms with Crippen molar-refractivity contribution in [3.63, 3.8) is 0 Å². The third-order valence-corrected chi connectivity index (χ3v) is 3.43. The third kappa shape index (κ3) is 2.78. The summed E-state index contributed by atoms with van der Waals surface area (Å²) in [5.41, 5.74) is 1.92. The van der Waals surface area contributed by atoms with Crippen LogP contribution in [0.25, 0.3) is 0 Å². The molecule has 1 aromatic carbocycles. The molecule has 2 aromatic rings. The molecule has 104 valence electrons. The molecule has 1 aromatic heterocycles. The summed E-state index contributed by atoms with van der Waals surface area (Å²) in [6.07, 6.45) is 1.21. The van der Waals surface area contributed by atoms with Crippen LogP contribution in [0.3, 0.4) is 0 Å². The zero-order chi connectivity index (χ0) is 14.5. The smallest absolute Gasteiger partial charge is 0.344 e. The van der Waals surface area contributed by atoms with Gasteiger partial charge in [-0.25, -0.2) is 15.8 Å². The number of nitrogens with zero attached hydrogens (tertiary/aromatic N) is 3. The second-order valence-electron chi connectivity index (χ2n) is 3.53. The molecule has 0 fully saturated rings. The fourth-order valence-electron chi connectivity index (χ4n) is 1.51. The first-order chi connectivity index (χ1) is 9.67. The van der Waals surface area contributed by atoms with Crippen LogP contribution in [0, 0.1) is 10.1 Å². The number of ether oxygens (including phenoxy) is 1. The van der Waals surface area contributed by atoms with Crippen LogP contribution in [0.4, 0.5) is 11.5 Å². The maximum atomic E-state index is 11.1. The van der Waals surface area contributed by atoms with Gasteiger partial charge in [-0.1, -0.05) is 23.9 Å². The molecule has 0 atom stereocenters. The lowest BCUT2D eigenvalue weighted by molar-refractivity contribution is -0.387. The number of anilines is 1. The number of rotatable bonds is 5. The molecule has 0 aliphatic carbocycles. The normalized spacial score (nSPS) is 10.1. The molecule has 0 saturated carbocycles. The predicted octanol–water partition coefficient (Wildman–Crippen LogP) is 1.83. The number of methoxy groups -OCH3 is 1. The van der Waals surface area contributed by atoms with Gasteiger partial charge in [0.25, 0.3) is 0 Å². The van der Waals surface area contributed by atoms with Gasteiger partial charge in [-0.05, 0) is 12.1 Å². The molecule has 0 radical (unpaired) electrons. The molecule has 0 spiro atoms. The van der Waals surface area contributed by atoms with Crippen molar-refractivity contribution in [2.75, 3.05) is 12.5 Å². The van der Waals surface area contributed by atoms with Gasteiger partial charge in [-0.3, -0.25) is 10.1 Å². The second kappa shape index (κ2) is 6.17. The largest absolute Gasteiger partial charge is 0.496 e. The highest BCUT2D eigenvalue weighted by Crippen LogP contribution is 2.39. The Hall–Kier alpha value is -2.39. The molecule has 0 aliphatic heterocycles. The molecular weight excluding hydrogens is 282 g/mol. The second-order valence-corrected chi connectivity index (χ2v) is 4.56. The summed E-state index contributed by atoms with van der Waals surface area (Å²) >= 11 is 1.11. The monoisotopic (exact) mass is 293 g/mol. The highest BCUT2D eigenvalue weighted by atomic mass is 32.2. The Kier molecular flexibility index (Phi) is 4.33. The van der Waals surface area contributed by atoms with Crippen molar-refractivity contribution in [3.8, 4) is 5.75 Å².